The van der Waals surface area contributed by atoms with Gasteiger partial charge in [-0.2, -0.15) is 0 Å². The first-order valence-electron chi connectivity index (χ1n) is 6.00. The number of carbonyl (C=O) groups excluding carboxylic acids is 2. The molecule has 0 unspecified atom stereocenters. The van der Waals surface area contributed by atoms with E-state index in [-0.39, 0.29) is 11.5 Å². The van der Waals surface area contributed by atoms with Gasteiger partial charge in [-0.3, -0.25) is 4.79 Å². The zero-order valence-electron chi connectivity index (χ0n) is 10.3. The van der Waals surface area contributed by atoms with Crippen molar-refractivity contribution in [1.29, 1.82) is 0 Å². The quantitative estimate of drug-likeness (QED) is 0.660. The monoisotopic (exact) mass is 248 g/mol. The van der Waals surface area contributed by atoms with Gasteiger partial charge in [-0.15, -0.1) is 0 Å². The summed E-state index contributed by atoms with van der Waals surface area (Å²) in [6, 6.07) is 6.02. The van der Waals surface area contributed by atoms with E-state index in [1.165, 1.54) is 17.0 Å². The molecule has 0 spiro atoms. The Morgan fingerprint density at radius 2 is 1.83 bits per heavy atom. The summed E-state index contributed by atoms with van der Waals surface area (Å²) in [6.45, 7) is 3.26. The summed E-state index contributed by atoms with van der Waals surface area (Å²) in [5.74, 6) is -1.36. The van der Waals surface area contributed by atoms with E-state index in [1.54, 1.807) is 17.0 Å². The molecule has 0 aliphatic carbocycles. The van der Waals surface area contributed by atoms with Crippen molar-refractivity contribution < 1.29 is 19.6 Å². The molecule has 5 nitrogen and oxygen atoms in total. The molecule has 1 aliphatic heterocycles. The van der Waals surface area contributed by atoms with Crippen molar-refractivity contribution in [2.24, 2.45) is 0 Å². The van der Waals surface area contributed by atoms with Gasteiger partial charge in [-0.25, -0.2) is 0 Å². The Morgan fingerprint density at radius 3 is 2.44 bits per heavy atom. The van der Waals surface area contributed by atoms with Crippen molar-refractivity contribution in [1.82, 2.24) is 4.90 Å². The molecule has 1 heterocycles. The van der Waals surface area contributed by atoms with Crippen LogP contribution < -0.4 is 10.0 Å². The first-order chi connectivity index (χ1) is 8.58. The standard InChI is InChI=1S/C13H16N2O3/c1-14-5-7-15(8-6-14)12(16)10-3-2-4-11(9-10)13(17)18/h2-4,9H,5-8H2,1H3,(H,17,18). The number of aromatic carboxylic acids is 1. The normalized spacial score (nSPS) is 16.6. The molecule has 1 saturated heterocycles. The van der Waals surface area contributed by atoms with Gasteiger partial charge in [0.25, 0.3) is 5.91 Å². The number of hydrogen-bond acceptors (Lipinski definition) is 3. The zero-order valence-corrected chi connectivity index (χ0v) is 10.3. The van der Waals surface area contributed by atoms with Crippen molar-refractivity contribution in [3.63, 3.8) is 0 Å². The van der Waals surface area contributed by atoms with E-state index < -0.39 is 5.97 Å². The molecule has 96 valence electrons. The maximum Gasteiger partial charge on any atom is 0.254 e. The van der Waals surface area contributed by atoms with Crippen LogP contribution in [0.15, 0.2) is 24.3 Å². The van der Waals surface area contributed by atoms with Gasteiger partial charge >= 0.3 is 0 Å². The van der Waals surface area contributed by atoms with Gasteiger partial charge < -0.3 is 19.7 Å². The minimum atomic E-state index is -1.26. The van der Waals surface area contributed by atoms with Crippen LogP contribution in [0.1, 0.15) is 20.7 Å². The van der Waals surface area contributed by atoms with E-state index in [0.29, 0.717) is 18.7 Å². The molecule has 0 atom stereocenters. The molecule has 0 radical (unpaired) electrons. The predicted molar refractivity (Wildman–Crippen MR) is 63.3 cm³/mol. The van der Waals surface area contributed by atoms with Crippen molar-refractivity contribution in [3.8, 4) is 0 Å². The molecule has 0 bridgehead atoms. The highest BCUT2D eigenvalue weighted by atomic mass is 16.4. The third-order valence-electron chi connectivity index (χ3n) is 3.25. The van der Waals surface area contributed by atoms with Crippen LogP contribution in [0.3, 0.4) is 0 Å². The van der Waals surface area contributed by atoms with Crippen LogP contribution in [0, 0.1) is 0 Å². The minimum Gasteiger partial charge on any atom is -0.545 e. The molecule has 1 amide bonds. The number of likely N-dealkylation sites (N-methyl/N-ethyl adjacent to an activating group) is 1. The lowest BCUT2D eigenvalue weighted by Gasteiger charge is -2.30. The topological polar surface area (TPSA) is 64.9 Å². The van der Waals surface area contributed by atoms with Gasteiger partial charge in [0.2, 0.25) is 0 Å². The van der Waals surface area contributed by atoms with Crippen molar-refractivity contribution in [2.45, 2.75) is 0 Å². The second-order valence-corrected chi connectivity index (χ2v) is 4.62. The number of hydrogen-bond donors (Lipinski definition) is 1. The highest BCUT2D eigenvalue weighted by molar-refractivity contribution is 5.97. The molecule has 0 aromatic heterocycles. The number of carboxylic acid groups (broad SMARTS) is 1. The summed E-state index contributed by atoms with van der Waals surface area (Å²) in [7, 11) is 2.10. The number of nitrogens with zero attached hydrogens (tertiary/aromatic N) is 1. The molecular formula is C13H16N2O3. The second-order valence-electron chi connectivity index (χ2n) is 4.62. The number of quaternary nitrogens is 1. The average Bonchev–Trinajstić information content (AvgIpc) is 2.39. The van der Waals surface area contributed by atoms with Crippen LogP contribution in [0.2, 0.25) is 0 Å². The summed E-state index contributed by atoms with van der Waals surface area (Å²) < 4.78 is 0. The summed E-state index contributed by atoms with van der Waals surface area (Å²) in [6.07, 6.45) is 0. The van der Waals surface area contributed by atoms with Gasteiger partial charge in [-0.05, 0) is 17.7 Å². The lowest BCUT2D eigenvalue weighted by molar-refractivity contribution is -0.883. The first kappa shape index (κ1) is 12.6. The molecular weight excluding hydrogens is 232 g/mol. The van der Waals surface area contributed by atoms with Gasteiger partial charge in [-0.1, -0.05) is 12.1 Å². The fourth-order valence-corrected chi connectivity index (χ4v) is 2.05. The summed E-state index contributed by atoms with van der Waals surface area (Å²) in [5, 5.41) is 10.8. The Morgan fingerprint density at radius 1 is 1.22 bits per heavy atom. The Kier molecular flexibility index (Phi) is 3.62. The smallest absolute Gasteiger partial charge is 0.254 e. The fraction of sp³-hybridized carbons (Fsp3) is 0.385. The minimum absolute atomic E-state index is 0.0422. The molecule has 1 aromatic rings. The summed E-state index contributed by atoms with van der Waals surface area (Å²) >= 11 is 0. The fourth-order valence-electron chi connectivity index (χ4n) is 2.05. The number of benzene rings is 1. The van der Waals surface area contributed by atoms with E-state index in [9.17, 15) is 14.7 Å². The number of amides is 1. The maximum atomic E-state index is 12.2. The number of carboxylic acids is 1. The summed E-state index contributed by atoms with van der Waals surface area (Å²) in [5.41, 5.74) is 0.455. The highest BCUT2D eigenvalue weighted by Crippen LogP contribution is 2.08. The molecule has 0 saturated carbocycles. The molecule has 2 rings (SSSR count). The van der Waals surface area contributed by atoms with Crippen molar-refractivity contribution >= 4 is 11.9 Å². The van der Waals surface area contributed by atoms with E-state index in [1.807, 2.05) is 0 Å². The van der Waals surface area contributed by atoms with Gasteiger partial charge in [0.1, 0.15) is 0 Å². The lowest BCUT2D eigenvalue weighted by Crippen LogP contribution is -3.12. The Balaban J connectivity index is 2.13. The van der Waals surface area contributed by atoms with Gasteiger partial charge in [0.15, 0.2) is 0 Å². The van der Waals surface area contributed by atoms with Crippen LogP contribution in [0.4, 0.5) is 0 Å². The Hall–Kier alpha value is -1.88. The van der Waals surface area contributed by atoms with Crippen molar-refractivity contribution in [3.05, 3.63) is 35.4 Å². The molecule has 1 aliphatic rings. The third-order valence-corrected chi connectivity index (χ3v) is 3.25. The number of rotatable bonds is 2. The average molecular weight is 248 g/mol. The van der Waals surface area contributed by atoms with Crippen LogP contribution in [-0.2, 0) is 0 Å². The lowest BCUT2D eigenvalue weighted by atomic mass is 10.1. The summed E-state index contributed by atoms with van der Waals surface area (Å²) in [4.78, 5) is 26.1. The largest absolute Gasteiger partial charge is 0.545 e. The van der Waals surface area contributed by atoms with E-state index in [4.69, 9.17) is 0 Å². The van der Waals surface area contributed by atoms with Crippen LogP contribution >= 0.6 is 0 Å². The second kappa shape index (κ2) is 5.18. The first-order valence-corrected chi connectivity index (χ1v) is 6.00. The van der Waals surface area contributed by atoms with Crippen LogP contribution in [-0.4, -0.2) is 50.0 Å². The Bertz CT molecular complexity index is 465. The molecule has 1 aromatic carbocycles. The number of piperazine rings is 1. The van der Waals surface area contributed by atoms with Gasteiger partial charge in [0, 0.05) is 5.56 Å². The molecule has 1 N–H and O–H groups in total. The van der Waals surface area contributed by atoms with Crippen molar-refractivity contribution in [2.75, 3.05) is 33.2 Å². The highest BCUT2D eigenvalue weighted by Gasteiger charge is 2.22. The molecule has 1 fully saturated rings. The molecule has 5 heteroatoms. The number of nitrogens with one attached hydrogen (secondary N) is 1. The maximum absolute atomic E-state index is 12.2. The zero-order chi connectivity index (χ0) is 13.1. The van der Waals surface area contributed by atoms with E-state index >= 15 is 0 Å². The van der Waals surface area contributed by atoms with Crippen LogP contribution in [0.25, 0.3) is 0 Å². The van der Waals surface area contributed by atoms with E-state index in [2.05, 4.69) is 7.05 Å². The number of carbonyl (C=O) groups is 2. The third kappa shape index (κ3) is 2.68. The predicted octanol–water partition coefficient (Wildman–Crippen LogP) is -1.98. The van der Waals surface area contributed by atoms with Gasteiger partial charge in [0.05, 0.1) is 39.2 Å². The Labute approximate surface area is 106 Å². The SMILES string of the molecule is C[NH+]1CCN(C(=O)c2cccc(C(=O)[O-])c2)CC1. The van der Waals surface area contributed by atoms with E-state index in [0.717, 1.165) is 13.1 Å². The van der Waals surface area contributed by atoms with Crippen LogP contribution in [0.5, 0.6) is 0 Å². The molecule has 18 heavy (non-hydrogen) atoms.